The number of halogens is 2. The molecule has 1 heterocycles. The molecule has 0 saturated carbocycles. The number of rotatable bonds is 5. The maximum atomic E-state index is 13.2. The fourth-order valence-corrected chi connectivity index (χ4v) is 1.58. The van der Waals surface area contributed by atoms with Gasteiger partial charge in [-0.05, 0) is 32.0 Å². The van der Waals surface area contributed by atoms with Crippen LogP contribution in [0.15, 0.2) is 22.7 Å². The van der Waals surface area contributed by atoms with E-state index in [4.69, 9.17) is 15.0 Å². The predicted molar refractivity (Wildman–Crippen MR) is 67.7 cm³/mol. The summed E-state index contributed by atoms with van der Waals surface area (Å²) in [5.41, 5.74) is 5.39. The van der Waals surface area contributed by atoms with Gasteiger partial charge < -0.3 is 15.0 Å². The molecule has 1 unspecified atom stereocenters. The summed E-state index contributed by atoms with van der Waals surface area (Å²) in [6.45, 7) is 4.28. The van der Waals surface area contributed by atoms with Crippen LogP contribution in [0.25, 0.3) is 11.5 Å². The highest BCUT2D eigenvalue weighted by Crippen LogP contribution is 2.23. The lowest BCUT2D eigenvalue weighted by molar-refractivity contribution is 0.0962. The van der Waals surface area contributed by atoms with Crippen LogP contribution in [0.1, 0.15) is 19.7 Å². The molecule has 0 aliphatic heterocycles. The fourth-order valence-electron chi connectivity index (χ4n) is 1.58. The Balaban J connectivity index is 2.26. The molecule has 0 aliphatic rings. The lowest BCUT2D eigenvalue weighted by Crippen LogP contribution is -2.39. The van der Waals surface area contributed by atoms with E-state index < -0.39 is 17.2 Å². The average molecular weight is 283 g/mol. The van der Waals surface area contributed by atoms with Crippen molar-refractivity contribution >= 4 is 0 Å². The predicted octanol–water partition coefficient (Wildman–Crippen LogP) is 2.23. The number of benzene rings is 1. The fraction of sp³-hybridized carbons (Fsp3) is 0.385. The highest BCUT2D eigenvalue weighted by Gasteiger charge is 2.28. The molecule has 7 heteroatoms. The zero-order chi connectivity index (χ0) is 14.8. The van der Waals surface area contributed by atoms with Gasteiger partial charge in [-0.25, -0.2) is 8.78 Å². The van der Waals surface area contributed by atoms with Crippen LogP contribution in [0.4, 0.5) is 8.78 Å². The Morgan fingerprint density at radius 1 is 1.35 bits per heavy atom. The number of nitrogens with zero attached hydrogens (tertiary/aromatic N) is 2. The highest BCUT2D eigenvalue weighted by atomic mass is 19.2. The van der Waals surface area contributed by atoms with Crippen molar-refractivity contribution in [3.05, 3.63) is 35.7 Å². The topological polar surface area (TPSA) is 74.2 Å². The van der Waals surface area contributed by atoms with Crippen LogP contribution in [0.5, 0.6) is 0 Å². The molecule has 5 nitrogen and oxygen atoms in total. The molecule has 0 radical (unpaired) electrons. The average Bonchev–Trinajstić information content (AvgIpc) is 2.90. The van der Waals surface area contributed by atoms with E-state index in [0.717, 1.165) is 12.1 Å². The molecule has 0 bridgehead atoms. The molecule has 0 fully saturated rings. The molecule has 0 aliphatic carbocycles. The normalized spacial score (nSPS) is 14.2. The monoisotopic (exact) mass is 283 g/mol. The van der Waals surface area contributed by atoms with Gasteiger partial charge in [-0.15, -0.1) is 0 Å². The first-order valence-electron chi connectivity index (χ1n) is 6.10. The van der Waals surface area contributed by atoms with Crippen molar-refractivity contribution in [1.82, 2.24) is 10.1 Å². The summed E-state index contributed by atoms with van der Waals surface area (Å²) in [5, 5.41) is 3.76. The molecule has 1 aromatic carbocycles. The summed E-state index contributed by atoms with van der Waals surface area (Å²) < 4.78 is 36.3. The van der Waals surface area contributed by atoms with E-state index in [1.165, 1.54) is 6.07 Å². The molecule has 108 valence electrons. The molecule has 0 spiro atoms. The second-order valence-corrected chi connectivity index (χ2v) is 4.61. The van der Waals surface area contributed by atoms with Gasteiger partial charge in [0.2, 0.25) is 0 Å². The molecular formula is C13H15F2N3O2. The first-order chi connectivity index (χ1) is 9.44. The van der Waals surface area contributed by atoms with Crippen LogP contribution in [0.3, 0.4) is 0 Å². The number of aromatic nitrogens is 2. The SMILES string of the molecule is CCOCC(C)(N)c1noc(-c2ccc(F)c(F)c2)n1. The number of hydrogen-bond acceptors (Lipinski definition) is 5. The van der Waals surface area contributed by atoms with E-state index in [0.29, 0.717) is 6.61 Å². The van der Waals surface area contributed by atoms with Crippen LogP contribution < -0.4 is 5.73 Å². The molecule has 1 aromatic heterocycles. The highest BCUT2D eigenvalue weighted by molar-refractivity contribution is 5.52. The number of ether oxygens (including phenoxy) is 1. The van der Waals surface area contributed by atoms with Crippen LogP contribution in [-0.2, 0) is 10.3 Å². The van der Waals surface area contributed by atoms with Gasteiger partial charge in [0.05, 0.1) is 6.61 Å². The minimum Gasteiger partial charge on any atom is -0.379 e. The van der Waals surface area contributed by atoms with E-state index in [2.05, 4.69) is 10.1 Å². The minimum atomic E-state index is -0.980. The van der Waals surface area contributed by atoms with E-state index >= 15 is 0 Å². The summed E-state index contributed by atoms with van der Waals surface area (Å²) in [5.74, 6) is -1.60. The van der Waals surface area contributed by atoms with Crippen molar-refractivity contribution in [3.63, 3.8) is 0 Å². The van der Waals surface area contributed by atoms with Crippen LogP contribution >= 0.6 is 0 Å². The largest absolute Gasteiger partial charge is 0.379 e. The third-order valence-corrected chi connectivity index (χ3v) is 2.71. The Labute approximate surface area is 114 Å². The first-order valence-corrected chi connectivity index (χ1v) is 6.10. The Hall–Kier alpha value is -1.86. The minimum absolute atomic E-state index is 0.0760. The van der Waals surface area contributed by atoms with Gasteiger partial charge >= 0.3 is 0 Å². The zero-order valence-corrected chi connectivity index (χ0v) is 11.2. The zero-order valence-electron chi connectivity index (χ0n) is 11.2. The molecule has 0 amide bonds. The lowest BCUT2D eigenvalue weighted by Gasteiger charge is -2.19. The summed E-state index contributed by atoms with van der Waals surface area (Å²) in [6, 6.07) is 3.34. The van der Waals surface area contributed by atoms with E-state index in [-0.39, 0.29) is 23.9 Å². The van der Waals surface area contributed by atoms with Crippen molar-refractivity contribution in [2.45, 2.75) is 19.4 Å². The Morgan fingerprint density at radius 3 is 2.75 bits per heavy atom. The van der Waals surface area contributed by atoms with Gasteiger partial charge in [0.15, 0.2) is 17.5 Å². The summed E-state index contributed by atoms with van der Waals surface area (Å²) in [6.07, 6.45) is 0. The van der Waals surface area contributed by atoms with Crippen molar-refractivity contribution in [3.8, 4) is 11.5 Å². The van der Waals surface area contributed by atoms with E-state index in [1.807, 2.05) is 6.92 Å². The van der Waals surface area contributed by atoms with Crippen molar-refractivity contribution in [2.75, 3.05) is 13.2 Å². The lowest BCUT2D eigenvalue weighted by atomic mass is 10.1. The Bertz CT molecular complexity index is 599. The van der Waals surface area contributed by atoms with Crippen LogP contribution in [0, 0.1) is 11.6 Å². The number of nitrogens with two attached hydrogens (primary N) is 1. The van der Waals surface area contributed by atoms with Gasteiger partial charge in [0.1, 0.15) is 5.54 Å². The van der Waals surface area contributed by atoms with Gasteiger partial charge in [-0.3, -0.25) is 0 Å². The molecular weight excluding hydrogens is 268 g/mol. The second-order valence-electron chi connectivity index (χ2n) is 4.61. The van der Waals surface area contributed by atoms with Crippen molar-refractivity contribution in [2.24, 2.45) is 5.73 Å². The Morgan fingerprint density at radius 2 is 2.10 bits per heavy atom. The second kappa shape index (κ2) is 5.64. The first kappa shape index (κ1) is 14.5. The Kier molecular flexibility index (Phi) is 4.10. The van der Waals surface area contributed by atoms with Crippen LogP contribution in [0.2, 0.25) is 0 Å². The third kappa shape index (κ3) is 3.00. The van der Waals surface area contributed by atoms with Gasteiger partial charge in [0.25, 0.3) is 5.89 Å². The van der Waals surface area contributed by atoms with Gasteiger partial charge in [-0.1, -0.05) is 5.16 Å². The molecule has 2 aromatic rings. The molecule has 20 heavy (non-hydrogen) atoms. The summed E-state index contributed by atoms with van der Waals surface area (Å²) >= 11 is 0. The maximum absolute atomic E-state index is 13.2. The van der Waals surface area contributed by atoms with Gasteiger partial charge in [0, 0.05) is 12.2 Å². The summed E-state index contributed by atoms with van der Waals surface area (Å²) in [7, 11) is 0. The smallest absolute Gasteiger partial charge is 0.258 e. The maximum Gasteiger partial charge on any atom is 0.258 e. The number of hydrogen-bond donors (Lipinski definition) is 1. The third-order valence-electron chi connectivity index (χ3n) is 2.71. The van der Waals surface area contributed by atoms with E-state index in [9.17, 15) is 8.78 Å². The molecule has 2 N–H and O–H groups in total. The van der Waals surface area contributed by atoms with Crippen molar-refractivity contribution in [1.29, 1.82) is 0 Å². The standard InChI is InChI=1S/C13H15F2N3O2/c1-3-19-7-13(2,16)12-17-11(20-18-12)8-4-5-9(14)10(15)6-8/h4-6H,3,7,16H2,1-2H3. The molecule has 2 rings (SSSR count). The molecule has 0 saturated heterocycles. The quantitative estimate of drug-likeness (QED) is 0.910. The van der Waals surface area contributed by atoms with E-state index in [1.54, 1.807) is 6.92 Å². The van der Waals surface area contributed by atoms with Gasteiger partial charge in [-0.2, -0.15) is 4.98 Å². The molecule has 1 atom stereocenters. The summed E-state index contributed by atoms with van der Waals surface area (Å²) in [4.78, 5) is 4.10. The van der Waals surface area contributed by atoms with Crippen molar-refractivity contribution < 1.29 is 18.0 Å². The van der Waals surface area contributed by atoms with Crippen LogP contribution in [-0.4, -0.2) is 23.4 Å².